The molecule has 0 spiro atoms. The van der Waals surface area contributed by atoms with Crippen LogP contribution in [0.4, 0.5) is 0 Å². The third kappa shape index (κ3) is 4.09. The second-order valence-corrected chi connectivity index (χ2v) is 5.52. The number of aliphatic hydroxyl groups is 1. The van der Waals surface area contributed by atoms with Gasteiger partial charge in [0.25, 0.3) is 5.91 Å². The molecule has 4 heteroatoms. The molecule has 1 amide bonds. The lowest BCUT2D eigenvalue weighted by atomic mass is 10.0. The van der Waals surface area contributed by atoms with Crippen LogP contribution in [-0.2, 0) is 6.42 Å². The van der Waals surface area contributed by atoms with Crippen molar-refractivity contribution in [3.05, 3.63) is 64.7 Å². The van der Waals surface area contributed by atoms with Gasteiger partial charge in [0.15, 0.2) is 0 Å². The Kier molecular flexibility index (Phi) is 5.17. The van der Waals surface area contributed by atoms with Crippen LogP contribution in [0.2, 0.25) is 0 Å². The van der Waals surface area contributed by atoms with Crippen LogP contribution in [0.15, 0.2) is 42.5 Å². The Morgan fingerprint density at radius 2 is 1.77 bits per heavy atom. The van der Waals surface area contributed by atoms with Crippen molar-refractivity contribution in [1.82, 2.24) is 5.32 Å². The normalized spacial score (nSPS) is 12.0. The third-order valence-electron chi connectivity index (χ3n) is 3.74. The third-order valence-corrected chi connectivity index (χ3v) is 3.74. The number of nitrogens with one attached hydrogen (secondary N) is 1. The zero-order chi connectivity index (χ0) is 16.1. The molecule has 0 fully saturated rings. The monoisotopic (exact) mass is 299 g/mol. The minimum atomic E-state index is -0.362. The molecule has 0 saturated heterocycles. The zero-order valence-electron chi connectivity index (χ0n) is 12.8. The van der Waals surface area contributed by atoms with Gasteiger partial charge in [-0.15, -0.1) is 0 Å². The van der Waals surface area contributed by atoms with Crippen LogP contribution in [0.5, 0.6) is 5.75 Å². The number of benzene rings is 2. The summed E-state index contributed by atoms with van der Waals surface area (Å²) >= 11 is 0. The number of amides is 1. The Labute approximate surface area is 130 Å². The average molecular weight is 299 g/mol. The van der Waals surface area contributed by atoms with Gasteiger partial charge in [-0.2, -0.15) is 0 Å². The molecule has 0 unspecified atom stereocenters. The van der Waals surface area contributed by atoms with E-state index in [1.807, 2.05) is 26.0 Å². The van der Waals surface area contributed by atoms with Crippen LogP contribution < -0.4 is 5.32 Å². The number of phenols is 1. The van der Waals surface area contributed by atoms with Gasteiger partial charge in [-0.1, -0.05) is 18.2 Å². The molecule has 22 heavy (non-hydrogen) atoms. The van der Waals surface area contributed by atoms with E-state index < -0.39 is 0 Å². The summed E-state index contributed by atoms with van der Waals surface area (Å²) in [6, 6.07) is 11.9. The molecule has 2 aromatic rings. The summed E-state index contributed by atoms with van der Waals surface area (Å²) in [6.45, 7) is 3.82. The molecule has 0 aliphatic carbocycles. The number of aromatic hydroxyl groups is 1. The molecule has 116 valence electrons. The van der Waals surface area contributed by atoms with Gasteiger partial charge in [0, 0.05) is 5.56 Å². The van der Waals surface area contributed by atoms with E-state index in [2.05, 4.69) is 5.32 Å². The molecule has 2 aromatic carbocycles. The highest BCUT2D eigenvalue weighted by Crippen LogP contribution is 2.13. The molecule has 0 bridgehead atoms. The predicted octanol–water partition coefficient (Wildman–Crippen LogP) is 2.34. The number of rotatable bonds is 5. The van der Waals surface area contributed by atoms with Crippen molar-refractivity contribution in [2.45, 2.75) is 26.3 Å². The molecule has 0 aliphatic heterocycles. The van der Waals surface area contributed by atoms with E-state index in [0.717, 1.165) is 16.7 Å². The number of aliphatic hydroxyl groups excluding tert-OH is 1. The second-order valence-electron chi connectivity index (χ2n) is 5.52. The summed E-state index contributed by atoms with van der Waals surface area (Å²) in [6.07, 6.45) is 0.507. The molecule has 4 nitrogen and oxygen atoms in total. The number of carbonyl (C=O) groups excluding carboxylic acids is 1. The van der Waals surface area contributed by atoms with Crippen LogP contribution in [0.3, 0.4) is 0 Å². The maximum atomic E-state index is 12.3. The molecule has 0 saturated carbocycles. The molecule has 0 aliphatic rings. The molecule has 0 aromatic heterocycles. The molecule has 0 heterocycles. The lowest BCUT2D eigenvalue weighted by Gasteiger charge is -2.17. The number of hydrogen-bond acceptors (Lipinski definition) is 3. The van der Waals surface area contributed by atoms with Crippen LogP contribution in [0.1, 0.15) is 27.0 Å². The Morgan fingerprint density at radius 1 is 1.09 bits per heavy atom. The van der Waals surface area contributed by atoms with Crippen molar-refractivity contribution in [3.8, 4) is 5.75 Å². The molecule has 1 atom stereocenters. The highest BCUT2D eigenvalue weighted by molar-refractivity contribution is 5.94. The highest BCUT2D eigenvalue weighted by atomic mass is 16.3. The summed E-state index contributed by atoms with van der Waals surface area (Å²) in [5.41, 5.74) is 3.73. The largest absolute Gasteiger partial charge is 0.508 e. The van der Waals surface area contributed by atoms with Gasteiger partial charge in [0.05, 0.1) is 12.6 Å². The molecular formula is C18H21NO3. The van der Waals surface area contributed by atoms with Gasteiger partial charge in [0.1, 0.15) is 5.75 Å². The summed E-state index contributed by atoms with van der Waals surface area (Å²) in [5, 5.41) is 21.6. The van der Waals surface area contributed by atoms with Crippen LogP contribution in [0, 0.1) is 13.8 Å². The van der Waals surface area contributed by atoms with Gasteiger partial charge < -0.3 is 15.5 Å². The Bertz CT molecular complexity index is 650. The first kappa shape index (κ1) is 16.0. The number of carbonyl (C=O) groups is 1. The highest BCUT2D eigenvalue weighted by Gasteiger charge is 2.14. The Morgan fingerprint density at radius 3 is 2.36 bits per heavy atom. The first-order valence-electron chi connectivity index (χ1n) is 7.26. The van der Waals surface area contributed by atoms with Crippen molar-refractivity contribution in [3.63, 3.8) is 0 Å². The van der Waals surface area contributed by atoms with Gasteiger partial charge in [-0.05, 0) is 61.2 Å². The Hall–Kier alpha value is -2.33. The summed E-state index contributed by atoms with van der Waals surface area (Å²) in [5.74, 6) is 0.00407. The molecule has 2 rings (SSSR count). The first-order chi connectivity index (χ1) is 10.5. The van der Waals surface area contributed by atoms with Crippen molar-refractivity contribution >= 4 is 5.91 Å². The second kappa shape index (κ2) is 7.09. The van der Waals surface area contributed by atoms with Gasteiger partial charge in [-0.3, -0.25) is 4.79 Å². The SMILES string of the molecule is Cc1ccc(C(=O)N[C@H](CO)Cc2ccc(O)cc2)cc1C. The first-order valence-corrected chi connectivity index (χ1v) is 7.26. The zero-order valence-corrected chi connectivity index (χ0v) is 12.8. The van der Waals surface area contributed by atoms with E-state index in [-0.39, 0.29) is 24.3 Å². The van der Waals surface area contributed by atoms with Crippen molar-refractivity contribution in [2.24, 2.45) is 0 Å². The van der Waals surface area contributed by atoms with Crippen molar-refractivity contribution < 1.29 is 15.0 Å². The maximum Gasteiger partial charge on any atom is 0.251 e. The fraction of sp³-hybridized carbons (Fsp3) is 0.278. The van der Waals surface area contributed by atoms with Crippen molar-refractivity contribution in [2.75, 3.05) is 6.61 Å². The topological polar surface area (TPSA) is 69.6 Å². The Balaban J connectivity index is 2.04. The molecular weight excluding hydrogens is 278 g/mol. The van der Waals surface area contributed by atoms with Gasteiger partial charge in [0.2, 0.25) is 0 Å². The standard InChI is InChI=1S/C18H21NO3/c1-12-3-6-15(9-13(12)2)18(22)19-16(11-20)10-14-4-7-17(21)8-5-14/h3-9,16,20-21H,10-11H2,1-2H3,(H,19,22)/t16-/m0/s1. The minimum absolute atomic E-state index is 0.141. The quantitative estimate of drug-likeness (QED) is 0.793. The summed E-state index contributed by atoms with van der Waals surface area (Å²) in [7, 11) is 0. The average Bonchev–Trinajstić information content (AvgIpc) is 2.51. The fourth-order valence-corrected chi connectivity index (χ4v) is 2.23. The minimum Gasteiger partial charge on any atom is -0.508 e. The van der Waals surface area contributed by atoms with Crippen LogP contribution in [0.25, 0.3) is 0 Å². The predicted molar refractivity (Wildman–Crippen MR) is 86.1 cm³/mol. The van der Waals surface area contributed by atoms with E-state index in [4.69, 9.17) is 0 Å². The summed E-state index contributed by atoms with van der Waals surface area (Å²) < 4.78 is 0. The maximum absolute atomic E-state index is 12.3. The van der Waals surface area contributed by atoms with E-state index in [1.54, 1.807) is 30.3 Å². The van der Waals surface area contributed by atoms with E-state index in [0.29, 0.717) is 12.0 Å². The van der Waals surface area contributed by atoms with E-state index in [1.165, 1.54) is 0 Å². The summed E-state index contributed by atoms with van der Waals surface area (Å²) in [4.78, 5) is 12.3. The number of phenolic OH excluding ortho intramolecular Hbond substituents is 1. The van der Waals surface area contributed by atoms with Crippen LogP contribution in [-0.4, -0.2) is 28.8 Å². The van der Waals surface area contributed by atoms with E-state index in [9.17, 15) is 15.0 Å². The molecule has 0 radical (unpaired) electrons. The van der Waals surface area contributed by atoms with Crippen molar-refractivity contribution in [1.29, 1.82) is 0 Å². The van der Waals surface area contributed by atoms with Gasteiger partial charge >= 0.3 is 0 Å². The lowest BCUT2D eigenvalue weighted by Crippen LogP contribution is -2.39. The number of aryl methyl sites for hydroxylation is 2. The lowest BCUT2D eigenvalue weighted by molar-refractivity contribution is 0.0916. The number of hydrogen-bond donors (Lipinski definition) is 3. The molecule has 3 N–H and O–H groups in total. The smallest absolute Gasteiger partial charge is 0.251 e. The van der Waals surface area contributed by atoms with Gasteiger partial charge in [-0.25, -0.2) is 0 Å². The van der Waals surface area contributed by atoms with E-state index >= 15 is 0 Å². The van der Waals surface area contributed by atoms with Crippen LogP contribution >= 0.6 is 0 Å². The fourth-order valence-electron chi connectivity index (χ4n) is 2.23.